The molecule has 0 fully saturated rings. The highest BCUT2D eigenvalue weighted by Crippen LogP contribution is 2.07. The van der Waals surface area contributed by atoms with Crippen LogP contribution in [0.2, 0.25) is 0 Å². The number of aromatic nitrogens is 2. The first-order chi connectivity index (χ1) is 7.88. The molecule has 0 aliphatic rings. The van der Waals surface area contributed by atoms with E-state index in [-0.39, 0.29) is 0 Å². The average molecular weight is 212 g/mol. The SMILES string of the molecule is CCc1cncc(CCc2ccccn2)c1. The zero-order chi connectivity index (χ0) is 11.2. The molecule has 2 heterocycles. The van der Waals surface area contributed by atoms with E-state index in [0.29, 0.717) is 0 Å². The third kappa shape index (κ3) is 2.89. The van der Waals surface area contributed by atoms with E-state index in [0.717, 1.165) is 25.0 Å². The first kappa shape index (κ1) is 10.8. The van der Waals surface area contributed by atoms with Gasteiger partial charge in [-0.05, 0) is 42.5 Å². The van der Waals surface area contributed by atoms with Gasteiger partial charge in [0, 0.05) is 24.3 Å². The molecule has 0 saturated heterocycles. The number of pyridine rings is 2. The van der Waals surface area contributed by atoms with Crippen molar-refractivity contribution in [2.24, 2.45) is 0 Å². The Morgan fingerprint density at radius 1 is 1.06 bits per heavy atom. The summed E-state index contributed by atoms with van der Waals surface area (Å²) >= 11 is 0. The van der Waals surface area contributed by atoms with Gasteiger partial charge in [-0.15, -0.1) is 0 Å². The highest BCUT2D eigenvalue weighted by Gasteiger charge is 1.98. The first-order valence-corrected chi connectivity index (χ1v) is 5.71. The van der Waals surface area contributed by atoms with Crippen molar-refractivity contribution in [1.29, 1.82) is 0 Å². The van der Waals surface area contributed by atoms with Crippen molar-refractivity contribution in [2.45, 2.75) is 26.2 Å². The van der Waals surface area contributed by atoms with Crippen molar-refractivity contribution in [1.82, 2.24) is 9.97 Å². The van der Waals surface area contributed by atoms with E-state index in [9.17, 15) is 0 Å². The second-order valence-corrected chi connectivity index (χ2v) is 3.88. The average Bonchev–Trinajstić information content (AvgIpc) is 2.38. The zero-order valence-electron chi connectivity index (χ0n) is 9.56. The summed E-state index contributed by atoms with van der Waals surface area (Å²) in [5, 5.41) is 0. The lowest BCUT2D eigenvalue weighted by molar-refractivity contribution is 0.901. The molecule has 0 unspecified atom stereocenters. The van der Waals surface area contributed by atoms with Crippen LogP contribution in [0.15, 0.2) is 42.9 Å². The van der Waals surface area contributed by atoms with Gasteiger partial charge < -0.3 is 0 Å². The molecule has 82 valence electrons. The number of rotatable bonds is 4. The van der Waals surface area contributed by atoms with Gasteiger partial charge >= 0.3 is 0 Å². The van der Waals surface area contributed by atoms with Crippen LogP contribution in [0.5, 0.6) is 0 Å². The number of hydrogen-bond donors (Lipinski definition) is 0. The Balaban J connectivity index is 1.99. The van der Waals surface area contributed by atoms with Crippen LogP contribution >= 0.6 is 0 Å². The fourth-order valence-corrected chi connectivity index (χ4v) is 1.69. The smallest absolute Gasteiger partial charge is 0.0406 e. The molecule has 0 spiro atoms. The van der Waals surface area contributed by atoms with Crippen LogP contribution in [0.25, 0.3) is 0 Å². The van der Waals surface area contributed by atoms with Crippen molar-refractivity contribution in [3.05, 3.63) is 59.7 Å². The van der Waals surface area contributed by atoms with E-state index in [4.69, 9.17) is 0 Å². The monoisotopic (exact) mass is 212 g/mol. The highest BCUT2D eigenvalue weighted by atomic mass is 14.7. The van der Waals surface area contributed by atoms with Crippen LogP contribution in [-0.2, 0) is 19.3 Å². The molecule has 2 rings (SSSR count). The van der Waals surface area contributed by atoms with Crippen LogP contribution < -0.4 is 0 Å². The van der Waals surface area contributed by atoms with Crippen LogP contribution in [0.4, 0.5) is 0 Å². The molecule has 0 N–H and O–H groups in total. The lowest BCUT2D eigenvalue weighted by Crippen LogP contribution is -1.95. The maximum absolute atomic E-state index is 4.32. The molecule has 2 aromatic heterocycles. The Morgan fingerprint density at radius 3 is 2.69 bits per heavy atom. The molecule has 0 atom stereocenters. The molecule has 0 amide bonds. The number of hydrogen-bond acceptors (Lipinski definition) is 2. The van der Waals surface area contributed by atoms with Gasteiger partial charge in [0.2, 0.25) is 0 Å². The Kier molecular flexibility index (Phi) is 3.65. The fourth-order valence-electron chi connectivity index (χ4n) is 1.69. The first-order valence-electron chi connectivity index (χ1n) is 5.71. The molecule has 16 heavy (non-hydrogen) atoms. The third-order valence-corrected chi connectivity index (χ3v) is 2.66. The maximum atomic E-state index is 4.32. The molecule has 0 saturated carbocycles. The molecule has 0 radical (unpaired) electrons. The summed E-state index contributed by atoms with van der Waals surface area (Å²) in [6.45, 7) is 2.15. The second-order valence-electron chi connectivity index (χ2n) is 3.88. The summed E-state index contributed by atoms with van der Waals surface area (Å²) < 4.78 is 0. The van der Waals surface area contributed by atoms with Gasteiger partial charge in [-0.3, -0.25) is 9.97 Å². The van der Waals surface area contributed by atoms with E-state index >= 15 is 0 Å². The summed E-state index contributed by atoms with van der Waals surface area (Å²) in [5.41, 5.74) is 3.74. The molecule has 2 heteroatoms. The Bertz CT molecular complexity index is 437. The van der Waals surface area contributed by atoms with Gasteiger partial charge in [-0.25, -0.2) is 0 Å². The standard InChI is InChI=1S/C14H16N2/c1-2-12-9-13(11-15-10-12)6-7-14-5-3-4-8-16-14/h3-5,8-11H,2,6-7H2,1H3. The molecule has 0 aromatic carbocycles. The van der Waals surface area contributed by atoms with Gasteiger partial charge in [-0.2, -0.15) is 0 Å². The third-order valence-electron chi connectivity index (χ3n) is 2.66. The minimum Gasteiger partial charge on any atom is -0.264 e. The molecule has 0 aliphatic heterocycles. The van der Waals surface area contributed by atoms with Gasteiger partial charge in [0.05, 0.1) is 0 Å². The fraction of sp³-hybridized carbons (Fsp3) is 0.286. The minimum absolute atomic E-state index is 0.982. The number of nitrogens with zero attached hydrogens (tertiary/aromatic N) is 2. The van der Waals surface area contributed by atoms with Gasteiger partial charge in [0.15, 0.2) is 0 Å². The second kappa shape index (κ2) is 5.40. The summed E-state index contributed by atoms with van der Waals surface area (Å²) in [4.78, 5) is 8.56. The van der Waals surface area contributed by atoms with Crippen molar-refractivity contribution in [3.63, 3.8) is 0 Å². The number of aryl methyl sites for hydroxylation is 3. The largest absolute Gasteiger partial charge is 0.264 e. The Hall–Kier alpha value is -1.70. The van der Waals surface area contributed by atoms with Crippen molar-refractivity contribution in [2.75, 3.05) is 0 Å². The van der Waals surface area contributed by atoms with Gasteiger partial charge in [0.25, 0.3) is 0 Å². The normalized spacial score (nSPS) is 10.3. The van der Waals surface area contributed by atoms with E-state index in [1.54, 1.807) is 0 Å². The predicted molar refractivity (Wildman–Crippen MR) is 65.3 cm³/mol. The maximum Gasteiger partial charge on any atom is 0.0406 e. The van der Waals surface area contributed by atoms with Crippen LogP contribution in [0.3, 0.4) is 0 Å². The van der Waals surface area contributed by atoms with Gasteiger partial charge in [-0.1, -0.05) is 19.1 Å². The minimum atomic E-state index is 0.982. The summed E-state index contributed by atoms with van der Waals surface area (Å²) in [6, 6.07) is 8.28. The lowest BCUT2D eigenvalue weighted by atomic mass is 10.1. The van der Waals surface area contributed by atoms with E-state index in [2.05, 4.69) is 29.0 Å². The van der Waals surface area contributed by atoms with Gasteiger partial charge in [0.1, 0.15) is 0 Å². The van der Waals surface area contributed by atoms with E-state index < -0.39 is 0 Å². The molecule has 2 nitrogen and oxygen atoms in total. The van der Waals surface area contributed by atoms with Crippen molar-refractivity contribution in [3.8, 4) is 0 Å². The summed E-state index contributed by atoms with van der Waals surface area (Å²) in [6.07, 6.45) is 8.76. The van der Waals surface area contributed by atoms with Crippen LogP contribution in [-0.4, -0.2) is 9.97 Å². The lowest BCUT2D eigenvalue weighted by Gasteiger charge is -2.02. The van der Waals surface area contributed by atoms with E-state index in [1.165, 1.54) is 11.1 Å². The Morgan fingerprint density at radius 2 is 1.94 bits per heavy atom. The predicted octanol–water partition coefficient (Wildman–Crippen LogP) is 2.82. The summed E-state index contributed by atoms with van der Waals surface area (Å²) in [7, 11) is 0. The van der Waals surface area contributed by atoms with E-state index in [1.807, 2.05) is 30.7 Å². The molecular weight excluding hydrogens is 196 g/mol. The topological polar surface area (TPSA) is 25.8 Å². The van der Waals surface area contributed by atoms with Crippen molar-refractivity contribution >= 4 is 0 Å². The molecule has 0 aliphatic carbocycles. The van der Waals surface area contributed by atoms with Crippen LogP contribution in [0, 0.1) is 0 Å². The quantitative estimate of drug-likeness (QED) is 0.778. The molecule has 2 aromatic rings. The summed E-state index contributed by atoms with van der Waals surface area (Å²) in [5.74, 6) is 0. The van der Waals surface area contributed by atoms with Crippen LogP contribution in [0.1, 0.15) is 23.7 Å². The zero-order valence-corrected chi connectivity index (χ0v) is 9.56. The Labute approximate surface area is 96.4 Å². The molecular formula is C14H16N2. The van der Waals surface area contributed by atoms with Crippen molar-refractivity contribution < 1.29 is 0 Å². The molecule has 0 bridgehead atoms. The highest BCUT2D eigenvalue weighted by molar-refractivity contribution is 5.19.